The van der Waals surface area contributed by atoms with Crippen LogP contribution in [-0.2, 0) is 12.8 Å². The highest BCUT2D eigenvalue weighted by Crippen LogP contribution is 2.14. The molecule has 0 fully saturated rings. The Morgan fingerprint density at radius 2 is 1.58 bits per heavy atom. The summed E-state index contributed by atoms with van der Waals surface area (Å²) in [7, 11) is 0. The summed E-state index contributed by atoms with van der Waals surface area (Å²) >= 11 is 0. The number of benzene rings is 2. The van der Waals surface area contributed by atoms with Crippen molar-refractivity contribution in [1.82, 2.24) is 5.43 Å². The zero-order chi connectivity index (χ0) is 13.7. The molecule has 0 aliphatic rings. The van der Waals surface area contributed by atoms with E-state index < -0.39 is 0 Å². The average Bonchev–Trinajstić information content (AvgIpc) is 2.42. The molecule has 0 radical (unpaired) electrons. The topological polar surface area (TPSA) is 38.0 Å². The third-order valence-corrected chi connectivity index (χ3v) is 3.39. The van der Waals surface area contributed by atoms with Gasteiger partial charge in [0, 0.05) is 6.04 Å². The van der Waals surface area contributed by atoms with Crippen LogP contribution in [0, 0.1) is 12.7 Å². The summed E-state index contributed by atoms with van der Waals surface area (Å²) in [5.41, 5.74) is 5.95. The third kappa shape index (κ3) is 3.63. The minimum Gasteiger partial charge on any atom is -0.271 e. The lowest BCUT2D eigenvalue weighted by atomic mass is 9.96. The van der Waals surface area contributed by atoms with Crippen molar-refractivity contribution in [3.8, 4) is 0 Å². The maximum absolute atomic E-state index is 13.6. The number of rotatable bonds is 5. The molecule has 0 heterocycles. The van der Waals surface area contributed by atoms with Crippen LogP contribution in [0.5, 0.6) is 0 Å². The minimum atomic E-state index is -0.174. The first-order chi connectivity index (χ1) is 9.20. The van der Waals surface area contributed by atoms with Gasteiger partial charge in [-0.3, -0.25) is 11.3 Å². The van der Waals surface area contributed by atoms with Gasteiger partial charge >= 0.3 is 0 Å². The molecule has 1 atom stereocenters. The number of nitrogens with two attached hydrogens (primary N) is 1. The summed E-state index contributed by atoms with van der Waals surface area (Å²) < 4.78 is 13.6. The molecule has 1 unspecified atom stereocenters. The van der Waals surface area contributed by atoms with Gasteiger partial charge in [0.25, 0.3) is 0 Å². The SMILES string of the molecule is Cc1ccccc1CC(Cc1ccccc1F)NN. The van der Waals surface area contributed by atoms with E-state index in [1.54, 1.807) is 12.1 Å². The second-order valence-corrected chi connectivity index (χ2v) is 4.79. The Morgan fingerprint density at radius 3 is 2.21 bits per heavy atom. The molecule has 0 aromatic heterocycles. The molecule has 0 aliphatic carbocycles. The van der Waals surface area contributed by atoms with Crippen molar-refractivity contribution >= 4 is 0 Å². The largest absolute Gasteiger partial charge is 0.271 e. The van der Waals surface area contributed by atoms with Crippen molar-refractivity contribution < 1.29 is 4.39 Å². The Labute approximate surface area is 113 Å². The van der Waals surface area contributed by atoms with Gasteiger partial charge in [-0.05, 0) is 42.5 Å². The van der Waals surface area contributed by atoms with Gasteiger partial charge in [-0.2, -0.15) is 0 Å². The summed E-state index contributed by atoms with van der Waals surface area (Å²) in [5.74, 6) is 5.42. The van der Waals surface area contributed by atoms with Crippen LogP contribution < -0.4 is 11.3 Å². The summed E-state index contributed by atoms with van der Waals surface area (Å²) in [5, 5.41) is 0. The van der Waals surface area contributed by atoms with Crippen LogP contribution >= 0.6 is 0 Å². The molecule has 3 N–H and O–H groups in total. The minimum absolute atomic E-state index is 0.0259. The van der Waals surface area contributed by atoms with Gasteiger partial charge in [0.1, 0.15) is 5.82 Å². The van der Waals surface area contributed by atoms with Crippen LogP contribution in [0.4, 0.5) is 4.39 Å². The first kappa shape index (κ1) is 13.7. The number of hydrogen-bond donors (Lipinski definition) is 2. The van der Waals surface area contributed by atoms with Gasteiger partial charge in [-0.15, -0.1) is 0 Å². The van der Waals surface area contributed by atoms with Crippen LogP contribution in [0.15, 0.2) is 48.5 Å². The molecule has 2 nitrogen and oxygen atoms in total. The van der Waals surface area contributed by atoms with E-state index in [1.165, 1.54) is 17.2 Å². The molecule has 0 saturated carbocycles. The lowest BCUT2D eigenvalue weighted by Gasteiger charge is -2.17. The Morgan fingerprint density at radius 1 is 1.00 bits per heavy atom. The van der Waals surface area contributed by atoms with E-state index in [0.717, 1.165) is 6.42 Å². The van der Waals surface area contributed by atoms with Crippen LogP contribution in [-0.4, -0.2) is 6.04 Å². The second-order valence-electron chi connectivity index (χ2n) is 4.79. The fourth-order valence-corrected chi connectivity index (χ4v) is 2.22. The van der Waals surface area contributed by atoms with Crippen molar-refractivity contribution in [2.24, 2.45) is 5.84 Å². The van der Waals surface area contributed by atoms with Crippen molar-refractivity contribution in [3.05, 3.63) is 71.0 Å². The van der Waals surface area contributed by atoms with E-state index in [2.05, 4.69) is 24.5 Å². The Kier molecular flexibility index (Phi) is 4.66. The molecule has 0 spiro atoms. The predicted octanol–water partition coefficient (Wildman–Crippen LogP) is 2.75. The normalized spacial score (nSPS) is 12.4. The lowest BCUT2D eigenvalue weighted by Crippen LogP contribution is -2.38. The Balaban J connectivity index is 2.09. The summed E-state index contributed by atoms with van der Waals surface area (Å²) in [4.78, 5) is 0. The Bertz CT molecular complexity index is 492. The summed E-state index contributed by atoms with van der Waals surface area (Å²) in [6, 6.07) is 15.0. The molecule has 2 aromatic carbocycles. The maximum Gasteiger partial charge on any atom is 0.126 e. The van der Waals surface area contributed by atoms with Gasteiger partial charge in [0.15, 0.2) is 0 Å². The molecule has 19 heavy (non-hydrogen) atoms. The van der Waals surface area contributed by atoms with E-state index >= 15 is 0 Å². The van der Waals surface area contributed by atoms with E-state index in [-0.39, 0.29) is 11.9 Å². The molecular weight excluding hydrogens is 239 g/mol. The lowest BCUT2D eigenvalue weighted by molar-refractivity contribution is 0.506. The van der Waals surface area contributed by atoms with E-state index in [4.69, 9.17) is 5.84 Å². The van der Waals surface area contributed by atoms with Gasteiger partial charge in [0.05, 0.1) is 0 Å². The molecule has 0 bridgehead atoms. The van der Waals surface area contributed by atoms with Gasteiger partial charge in [0.2, 0.25) is 0 Å². The second kappa shape index (κ2) is 6.45. The van der Waals surface area contributed by atoms with Crippen LogP contribution in [0.25, 0.3) is 0 Å². The molecule has 0 amide bonds. The monoisotopic (exact) mass is 258 g/mol. The van der Waals surface area contributed by atoms with Crippen molar-refractivity contribution in [2.45, 2.75) is 25.8 Å². The van der Waals surface area contributed by atoms with Crippen LogP contribution in [0.3, 0.4) is 0 Å². The van der Waals surface area contributed by atoms with E-state index in [9.17, 15) is 4.39 Å². The maximum atomic E-state index is 13.6. The molecule has 100 valence electrons. The highest BCUT2D eigenvalue weighted by molar-refractivity contribution is 5.27. The zero-order valence-electron chi connectivity index (χ0n) is 11.1. The molecule has 2 aromatic rings. The number of hydrogen-bond acceptors (Lipinski definition) is 2. The number of hydrazine groups is 1. The van der Waals surface area contributed by atoms with Crippen LogP contribution in [0.2, 0.25) is 0 Å². The number of nitrogens with one attached hydrogen (secondary N) is 1. The van der Waals surface area contributed by atoms with Gasteiger partial charge < -0.3 is 0 Å². The fraction of sp³-hybridized carbons (Fsp3) is 0.250. The first-order valence-electron chi connectivity index (χ1n) is 6.44. The Hall–Kier alpha value is -1.71. The quantitative estimate of drug-likeness (QED) is 0.639. The summed E-state index contributed by atoms with van der Waals surface area (Å²) in [6.07, 6.45) is 1.37. The van der Waals surface area contributed by atoms with Crippen molar-refractivity contribution in [2.75, 3.05) is 0 Å². The summed E-state index contributed by atoms with van der Waals surface area (Å²) in [6.45, 7) is 2.08. The molecule has 0 aliphatic heterocycles. The van der Waals surface area contributed by atoms with Crippen LogP contribution in [0.1, 0.15) is 16.7 Å². The van der Waals surface area contributed by atoms with Crippen molar-refractivity contribution in [3.63, 3.8) is 0 Å². The number of aryl methyl sites for hydroxylation is 1. The first-order valence-corrected chi connectivity index (χ1v) is 6.44. The molecule has 2 rings (SSSR count). The standard InChI is InChI=1S/C16H19FN2/c1-12-6-2-3-7-13(12)10-15(19-18)11-14-8-4-5-9-16(14)17/h2-9,15,19H,10-11,18H2,1H3. The van der Waals surface area contributed by atoms with Crippen molar-refractivity contribution in [1.29, 1.82) is 0 Å². The average molecular weight is 258 g/mol. The number of halogens is 1. The zero-order valence-corrected chi connectivity index (χ0v) is 11.1. The van der Waals surface area contributed by atoms with E-state index in [0.29, 0.717) is 12.0 Å². The highest BCUT2D eigenvalue weighted by atomic mass is 19.1. The predicted molar refractivity (Wildman–Crippen MR) is 76.1 cm³/mol. The van der Waals surface area contributed by atoms with Gasteiger partial charge in [-0.1, -0.05) is 42.5 Å². The van der Waals surface area contributed by atoms with E-state index in [1.807, 2.05) is 18.2 Å². The highest BCUT2D eigenvalue weighted by Gasteiger charge is 2.12. The third-order valence-electron chi connectivity index (χ3n) is 3.39. The molecule has 3 heteroatoms. The van der Waals surface area contributed by atoms with Gasteiger partial charge in [-0.25, -0.2) is 4.39 Å². The fourth-order valence-electron chi connectivity index (χ4n) is 2.22. The molecular formula is C16H19FN2. The molecule has 0 saturated heterocycles. The smallest absolute Gasteiger partial charge is 0.126 e.